The monoisotopic (exact) mass is 362 g/mol. The van der Waals surface area contributed by atoms with Gasteiger partial charge in [0.15, 0.2) is 0 Å². The lowest BCUT2D eigenvalue weighted by atomic mass is 9.96. The van der Waals surface area contributed by atoms with Gasteiger partial charge in [-0.1, -0.05) is 37.6 Å². The third-order valence-corrected chi connectivity index (χ3v) is 4.68. The molecule has 1 unspecified atom stereocenters. The lowest BCUT2D eigenvalue weighted by molar-refractivity contribution is 0.156. The summed E-state index contributed by atoms with van der Waals surface area (Å²) in [5.74, 6) is 0.711. The van der Waals surface area contributed by atoms with Gasteiger partial charge in [0.1, 0.15) is 7.11 Å². The molecule has 134 valence electrons. The van der Waals surface area contributed by atoms with Crippen LogP contribution >= 0.6 is 11.6 Å². The van der Waals surface area contributed by atoms with Crippen LogP contribution < -0.4 is 21.0 Å². The van der Waals surface area contributed by atoms with Crippen molar-refractivity contribution in [2.45, 2.75) is 32.9 Å². The molecule has 2 N–H and O–H groups in total. The third-order valence-electron chi connectivity index (χ3n) is 4.43. The minimum Gasteiger partial charge on any atom is -0.411 e. The molecular formula is C18H23ClN4O2. The highest BCUT2D eigenvalue weighted by Gasteiger charge is 2.23. The molecule has 2 heterocycles. The molecule has 0 spiro atoms. The zero-order valence-electron chi connectivity index (χ0n) is 14.7. The van der Waals surface area contributed by atoms with Crippen molar-refractivity contribution in [2.24, 2.45) is 5.92 Å². The fourth-order valence-corrected chi connectivity index (χ4v) is 3.22. The van der Waals surface area contributed by atoms with Gasteiger partial charge >= 0.3 is 0 Å². The lowest BCUT2D eigenvalue weighted by Gasteiger charge is -2.26. The molecule has 7 heteroatoms. The zero-order valence-corrected chi connectivity index (χ0v) is 15.4. The van der Waals surface area contributed by atoms with E-state index >= 15 is 0 Å². The Labute approximate surface area is 152 Å². The van der Waals surface area contributed by atoms with E-state index in [1.165, 1.54) is 11.8 Å². The average Bonchev–Trinajstić information content (AvgIpc) is 2.60. The predicted octanol–water partition coefficient (Wildman–Crippen LogP) is 2.41. The van der Waals surface area contributed by atoms with Gasteiger partial charge in [-0.05, 0) is 23.6 Å². The molecule has 0 bridgehead atoms. The Bertz CT molecular complexity index is 802. The molecule has 0 aliphatic carbocycles. The minimum absolute atomic E-state index is 0.0228. The Morgan fingerprint density at radius 3 is 2.68 bits per heavy atom. The van der Waals surface area contributed by atoms with E-state index in [2.05, 4.69) is 29.5 Å². The highest BCUT2D eigenvalue weighted by atomic mass is 35.5. The maximum atomic E-state index is 12.7. The number of hydrogen-bond donors (Lipinski definition) is 2. The molecule has 1 aliphatic rings. The minimum atomic E-state index is -0.166. The van der Waals surface area contributed by atoms with Crippen LogP contribution in [-0.4, -0.2) is 23.4 Å². The summed E-state index contributed by atoms with van der Waals surface area (Å²) in [6.07, 6.45) is 0.733. The molecule has 1 aliphatic heterocycles. The molecule has 1 aromatic heterocycles. The number of halogens is 1. The average molecular weight is 363 g/mol. The summed E-state index contributed by atoms with van der Waals surface area (Å²) < 4.78 is 1.23. The van der Waals surface area contributed by atoms with Crippen molar-refractivity contribution in [1.29, 1.82) is 0 Å². The van der Waals surface area contributed by atoms with Crippen LogP contribution in [0.1, 0.15) is 36.7 Å². The fraction of sp³-hybridized carbons (Fsp3) is 0.444. The largest absolute Gasteiger partial charge is 0.411 e. The van der Waals surface area contributed by atoms with Gasteiger partial charge in [0.05, 0.1) is 17.3 Å². The molecular weight excluding hydrogens is 340 g/mol. The Balaban J connectivity index is 2.01. The summed E-state index contributed by atoms with van der Waals surface area (Å²) in [5, 5.41) is 7.28. The number of aromatic nitrogens is 2. The molecule has 3 rings (SSSR count). The Hall–Kier alpha value is -2.05. The van der Waals surface area contributed by atoms with Crippen molar-refractivity contribution in [1.82, 2.24) is 15.0 Å². The molecule has 0 saturated heterocycles. The molecule has 0 saturated carbocycles. The normalized spacial score (nSPS) is 14.9. The zero-order chi connectivity index (χ0) is 18.0. The van der Waals surface area contributed by atoms with E-state index in [0.29, 0.717) is 23.1 Å². The number of nitrogens with zero attached hydrogens (tertiary/aromatic N) is 2. The highest BCUT2D eigenvalue weighted by Crippen LogP contribution is 2.27. The van der Waals surface area contributed by atoms with Crippen molar-refractivity contribution in [2.75, 3.05) is 19.0 Å². The number of anilines is 1. The van der Waals surface area contributed by atoms with Crippen molar-refractivity contribution in [3.05, 3.63) is 56.5 Å². The van der Waals surface area contributed by atoms with E-state index in [-0.39, 0.29) is 17.5 Å². The van der Waals surface area contributed by atoms with Crippen molar-refractivity contribution >= 4 is 17.5 Å². The van der Waals surface area contributed by atoms with Crippen molar-refractivity contribution in [3.8, 4) is 0 Å². The third kappa shape index (κ3) is 3.65. The summed E-state index contributed by atoms with van der Waals surface area (Å²) >= 11 is 6.00. The summed E-state index contributed by atoms with van der Waals surface area (Å²) in [7, 11) is 1.48. The van der Waals surface area contributed by atoms with Crippen LogP contribution in [0.15, 0.2) is 29.1 Å². The van der Waals surface area contributed by atoms with Gasteiger partial charge in [-0.2, -0.15) is 0 Å². The summed E-state index contributed by atoms with van der Waals surface area (Å²) in [5.41, 5.74) is 2.42. The van der Waals surface area contributed by atoms with Crippen molar-refractivity contribution in [3.63, 3.8) is 0 Å². The standard InChI is InChI=1S/C18H23ClN4O2/c1-11(2)16(12-4-6-13(19)7-5-12)22-18-21-15-8-9-20-10-14(15)17(24)23(18)25-3/h4-7,11,16,20H,8-10H2,1-3H3,(H,21,22). The predicted molar refractivity (Wildman–Crippen MR) is 99.1 cm³/mol. The molecule has 0 amide bonds. The molecule has 2 aromatic rings. The molecule has 25 heavy (non-hydrogen) atoms. The Kier molecular flexibility index (Phi) is 5.30. The van der Waals surface area contributed by atoms with Crippen LogP contribution in [0.2, 0.25) is 5.02 Å². The second-order valence-electron chi connectivity index (χ2n) is 6.49. The van der Waals surface area contributed by atoms with Gasteiger partial charge in [0.2, 0.25) is 5.95 Å². The maximum Gasteiger partial charge on any atom is 0.292 e. The fourth-order valence-electron chi connectivity index (χ4n) is 3.09. The first-order valence-corrected chi connectivity index (χ1v) is 8.81. The van der Waals surface area contributed by atoms with Crippen LogP contribution in [0.25, 0.3) is 0 Å². The second-order valence-corrected chi connectivity index (χ2v) is 6.92. The smallest absolute Gasteiger partial charge is 0.292 e. The van der Waals surface area contributed by atoms with E-state index in [4.69, 9.17) is 16.4 Å². The molecule has 1 aromatic carbocycles. The van der Waals surface area contributed by atoms with E-state index in [0.717, 1.165) is 24.2 Å². The summed E-state index contributed by atoms with van der Waals surface area (Å²) in [6.45, 7) is 5.57. The van der Waals surface area contributed by atoms with Gasteiger partial charge in [0, 0.05) is 24.5 Å². The highest BCUT2D eigenvalue weighted by molar-refractivity contribution is 6.30. The molecule has 0 fully saturated rings. The van der Waals surface area contributed by atoms with Crippen LogP contribution in [0.5, 0.6) is 0 Å². The second kappa shape index (κ2) is 7.45. The number of fused-ring (bicyclic) bond motifs is 1. The van der Waals surface area contributed by atoms with Crippen LogP contribution in [0.3, 0.4) is 0 Å². The van der Waals surface area contributed by atoms with E-state index in [9.17, 15) is 4.79 Å². The first-order chi connectivity index (χ1) is 12.0. The van der Waals surface area contributed by atoms with Gasteiger partial charge in [-0.25, -0.2) is 4.98 Å². The van der Waals surface area contributed by atoms with Gasteiger partial charge < -0.3 is 15.5 Å². The van der Waals surface area contributed by atoms with E-state index < -0.39 is 0 Å². The summed E-state index contributed by atoms with van der Waals surface area (Å²) in [4.78, 5) is 22.7. The quantitative estimate of drug-likeness (QED) is 0.855. The summed E-state index contributed by atoms with van der Waals surface area (Å²) in [6, 6.07) is 7.67. The Morgan fingerprint density at radius 1 is 1.32 bits per heavy atom. The van der Waals surface area contributed by atoms with Crippen LogP contribution in [0, 0.1) is 5.92 Å². The first-order valence-electron chi connectivity index (χ1n) is 8.43. The van der Waals surface area contributed by atoms with Crippen LogP contribution in [-0.2, 0) is 13.0 Å². The molecule has 6 nitrogen and oxygen atoms in total. The number of nitrogens with one attached hydrogen (secondary N) is 2. The van der Waals surface area contributed by atoms with E-state index in [1.54, 1.807) is 0 Å². The van der Waals surface area contributed by atoms with E-state index in [1.807, 2.05) is 24.3 Å². The maximum absolute atomic E-state index is 12.7. The van der Waals surface area contributed by atoms with Gasteiger partial charge in [0.25, 0.3) is 5.56 Å². The SMILES string of the molecule is COn1c(NC(c2ccc(Cl)cc2)C(C)C)nc2c(c1=O)CNCC2. The number of rotatable bonds is 5. The topological polar surface area (TPSA) is 68.2 Å². The Morgan fingerprint density at radius 2 is 2.04 bits per heavy atom. The lowest BCUT2D eigenvalue weighted by Crippen LogP contribution is -2.38. The van der Waals surface area contributed by atoms with Crippen LogP contribution in [0.4, 0.5) is 5.95 Å². The number of benzene rings is 1. The first kappa shape index (κ1) is 17.8. The molecule has 0 radical (unpaired) electrons. The van der Waals surface area contributed by atoms with Gasteiger partial charge in [-0.3, -0.25) is 4.79 Å². The van der Waals surface area contributed by atoms with Crippen molar-refractivity contribution < 1.29 is 4.84 Å². The number of hydrogen-bond acceptors (Lipinski definition) is 5. The molecule has 1 atom stereocenters. The van der Waals surface area contributed by atoms with Gasteiger partial charge in [-0.15, -0.1) is 4.73 Å².